The highest BCUT2D eigenvalue weighted by Crippen LogP contribution is 2.27. The lowest BCUT2D eigenvalue weighted by Crippen LogP contribution is -2.30. The molecule has 1 saturated carbocycles. The molecule has 2 aromatic carbocycles. The lowest BCUT2D eigenvalue weighted by molar-refractivity contribution is 0.304. The molecule has 0 unspecified atom stereocenters. The second-order valence-electron chi connectivity index (χ2n) is 6.25. The number of rotatable bonds is 6. The zero-order valence-corrected chi connectivity index (χ0v) is 15.0. The van der Waals surface area contributed by atoms with Gasteiger partial charge in [0.05, 0.1) is 4.47 Å². The summed E-state index contributed by atoms with van der Waals surface area (Å²) in [6, 6.07) is 17.3. The minimum Gasteiger partial charge on any atom is -0.488 e. The minimum absolute atomic E-state index is 0.596. The largest absolute Gasteiger partial charge is 0.488 e. The molecule has 0 aliphatic heterocycles. The molecule has 0 spiro atoms. The Morgan fingerprint density at radius 1 is 0.957 bits per heavy atom. The molecule has 0 atom stereocenters. The summed E-state index contributed by atoms with van der Waals surface area (Å²) in [6.07, 6.45) is 6.78. The van der Waals surface area contributed by atoms with E-state index in [1.807, 2.05) is 18.2 Å². The van der Waals surface area contributed by atoms with Crippen molar-refractivity contribution in [3.8, 4) is 5.75 Å². The van der Waals surface area contributed by atoms with Gasteiger partial charge >= 0.3 is 0 Å². The van der Waals surface area contributed by atoms with Crippen molar-refractivity contribution in [2.24, 2.45) is 0 Å². The first kappa shape index (κ1) is 16.5. The van der Waals surface area contributed by atoms with E-state index in [9.17, 15) is 0 Å². The Balaban J connectivity index is 1.52. The van der Waals surface area contributed by atoms with Gasteiger partial charge in [-0.05, 0) is 52.0 Å². The van der Waals surface area contributed by atoms with Crippen LogP contribution >= 0.6 is 15.9 Å². The maximum absolute atomic E-state index is 5.91. The fourth-order valence-corrected chi connectivity index (χ4v) is 3.62. The second-order valence-corrected chi connectivity index (χ2v) is 7.11. The predicted molar refractivity (Wildman–Crippen MR) is 98.6 cm³/mol. The van der Waals surface area contributed by atoms with Crippen molar-refractivity contribution < 1.29 is 4.74 Å². The number of halogens is 1. The third-order valence-electron chi connectivity index (χ3n) is 4.43. The first-order chi connectivity index (χ1) is 11.3. The van der Waals surface area contributed by atoms with Crippen LogP contribution in [0.1, 0.15) is 43.2 Å². The highest BCUT2D eigenvalue weighted by Gasteiger charge is 2.12. The molecular weight excluding hydrogens is 350 g/mol. The highest BCUT2D eigenvalue weighted by atomic mass is 79.9. The lowest BCUT2D eigenvalue weighted by atomic mass is 9.95. The first-order valence-electron chi connectivity index (χ1n) is 8.50. The van der Waals surface area contributed by atoms with E-state index in [-0.39, 0.29) is 0 Å². The molecule has 0 saturated heterocycles. The van der Waals surface area contributed by atoms with Gasteiger partial charge in [-0.25, -0.2) is 0 Å². The molecule has 1 fully saturated rings. The number of ether oxygens (including phenoxy) is 1. The molecule has 0 bridgehead atoms. The second kappa shape index (κ2) is 8.51. The van der Waals surface area contributed by atoms with Crippen LogP contribution in [0.2, 0.25) is 0 Å². The Morgan fingerprint density at radius 3 is 2.48 bits per heavy atom. The quantitative estimate of drug-likeness (QED) is 0.726. The van der Waals surface area contributed by atoms with Gasteiger partial charge in [-0.1, -0.05) is 55.7 Å². The molecule has 2 aromatic rings. The van der Waals surface area contributed by atoms with Gasteiger partial charge in [0.15, 0.2) is 0 Å². The molecule has 23 heavy (non-hydrogen) atoms. The Labute approximate surface area is 147 Å². The zero-order valence-electron chi connectivity index (χ0n) is 13.4. The third kappa shape index (κ3) is 5.08. The van der Waals surface area contributed by atoms with Gasteiger partial charge < -0.3 is 10.1 Å². The van der Waals surface area contributed by atoms with Crippen molar-refractivity contribution in [3.63, 3.8) is 0 Å². The Morgan fingerprint density at radius 2 is 1.74 bits per heavy atom. The number of hydrogen-bond acceptors (Lipinski definition) is 2. The molecule has 3 heteroatoms. The van der Waals surface area contributed by atoms with Crippen LogP contribution in [0.4, 0.5) is 0 Å². The average Bonchev–Trinajstić information content (AvgIpc) is 2.61. The molecule has 3 rings (SSSR count). The molecule has 0 amide bonds. The van der Waals surface area contributed by atoms with Gasteiger partial charge in [0.2, 0.25) is 0 Å². The van der Waals surface area contributed by atoms with E-state index in [1.54, 1.807) is 0 Å². The molecule has 1 aliphatic carbocycles. The van der Waals surface area contributed by atoms with Gasteiger partial charge in [-0.3, -0.25) is 0 Å². The summed E-state index contributed by atoms with van der Waals surface area (Å²) in [5, 5.41) is 3.68. The third-order valence-corrected chi connectivity index (χ3v) is 5.05. The maximum Gasteiger partial charge on any atom is 0.134 e. The molecule has 0 aromatic heterocycles. The van der Waals surface area contributed by atoms with Crippen molar-refractivity contribution in [2.75, 3.05) is 0 Å². The van der Waals surface area contributed by atoms with Crippen LogP contribution in [0.25, 0.3) is 0 Å². The monoisotopic (exact) mass is 373 g/mol. The Hall–Kier alpha value is -1.32. The van der Waals surface area contributed by atoms with Gasteiger partial charge in [-0.15, -0.1) is 0 Å². The van der Waals surface area contributed by atoms with Gasteiger partial charge in [-0.2, -0.15) is 0 Å². The number of nitrogens with one attached hydrogen (secondary N) is 1. The summed E-state index contributed by atoms with van der Waals surface area (Å²) in [6.45, 7) is 1.53. The summed E-state index contributed by atoms with van der Waals surface area (Å²) in [5.74, 6) is 0.898. The van der Waals surface area contributed by atoms with Gasteiger partial charge in [0, 0.05) is 12.6 Å². The summed E-state index contributed by atoms with van der Waals surface area (Å²) in [5.41, 5.74) is 2.48. The SMILES string of the molecule is Brc1cc(CNC2CCCCC2)ccc1OCc1ccccc1. The lowest BCUT2D eigenvalue weighted by Gasteiger charge is -2.23. The normalized spacial score (nSPS) is 15.5. The first-order valence-corrected chi connectivity index (χ1v) is 9.29. The number of benzene rings is 2. The van der Waals surface area contributed by atoms with Crippen LogP contribution < -0.4 is 10.1 Å². The molecule has 1 aliphatic rings. The fourth-order valence-electron chi connectivity index (χ4n) is 3.08. The molecular formula is C20H24BrNO. The average molecular weight is 374 g/mol. The zero-order chi connectivity index (χ0) is 15.9. The van der Waals surface area contributed by atoms with Crippen molar-refractivity contribution in [2.45, 2.75) is 51.3 Å². The molecule has 122 valence electrons. The standard InChI is InChI=1S/C20H24BrNO/c21-19-13-17(14-22-18-9-5-2-6-10-18)11-12-20(19)23-15-16-7-3-1-4-8-16/h1,3-4,7-8,11-13,18,22H,2,5-6,9-10,14-15H2. The van der Waals surface area contributed by atoms with Crippen LogP contribution in [0.5, 0.6) is 5.75 Å². The van der Waals surface area contributed by atoms with Gasteiger partial charge in [0.1, 0.15) is 12.4 Å². The van der Waals surface area contributed by atoms with Crippen molar-refractivity contribution in [1.29, 1.82) is 0 Å². The van der Waals surface area contributed by atoms with Gasteiger partial charge in [0.25, 0.3) is 0 Å². The molecule has 0 heterocycles. The van der Waals surface area contributed by atoms with E-state index in [0.29, 0.717) is 12.6 Å². The van der Waals surface area contributed by atoms with Crippen molar-refractivity contribution in [1.82, 2.24) is 5.32 Å². The Bertz CT molecular complexity index is 608. The van der Waals surface area contributed by atoms with E-state index in [4.69, 9.17) is 4.74 Å². The van der Waals surface area contributed by atoms with Crippen molar-refractivity contribution in [3.05, 3.63) is 64.1 Å². The van der Waals surface area contributed by atoms with Crippen LogP contribution in [-0.2, 0) is 13.2 Å². The van der Waals surface area contributed by atoms with Crippen molar-refractivity contribution >= 4 is 15.9 Å². The fraction of sp³-hybridized carbons (Fsp3) is 0.400. The van der Waals surface area contributed by atoms with Crippen LogP contribution in [0.3, 0.4) is 0 Å². The summed E-state index contributed by atoms with van der Waals surface area (Å²) in [4.78, 5) is 0. The van der Waals surface area contributed by atoms with E-state index in [1.165, 1.54) is 43.2 Å². The summed E-state index contributed by atoms with van der Waals surface area (Å²) < 4.78 is 6.93. The predicted octanol–water partition coefficient (Wildman–Crippen LogP) is 5.45. The smallest absolute Gasteiger partial charge is 0.134 e. The highest BCUT2D eigenvalue weighted by molar-refractivity contribution is 9.10. The summed E-state index contributed by atoms with van der Waals surface area (Å²) >= 11 is 3.63. The maximum atomic E-state index is 5.91. The topological polar surface area (TPSA) is 21.3 Å². The van der Waals surface area contributed by atoms with E-state index >= 15 is 0 Å². The molecule has 2 nitrogen and oxygen atoms in total. The summed E-state index contributed by atoms with van der Waals surface area (Å²) in [7, 11) is 0. The van der Waals surface area contributed by atoms with Crippen LogP contribution in [0, 0.1) is 0 Å². The van der Waals surface area contributed by atoms with Crippen LogP contribution in [0.15, 0.2) is 53.0 Å². The Kier molecular flexibility index (Phi) is 6.12. The van der Waals surface area contributed by atoms with E-state index in [0.717, 1.165) is 16.8 Å². The number of hydrogen-bond donors (Lipinski definition) is 1. The van der Waals surface area contributed by atoms with Crippen LogP contribution in [-0.4, -0.2) is 6.04 Å². The van der Waals surface area contributed by atoms with E-state index < -0.39 is 0 Å². The van der Waals surface area contributed by atoms with E-state index in [2.05, 4.69) is 51.6 Å². The minimum atomic E-state index is 0.596. The molecule has 1 N–H and O–H groups in total. The molecule has 0 radical (unpaired) electrons.